The Balaban J connectivity index is 0.000000531. The molecule has 0 radical (unpaired) electrons. The van der Waals surface area contributed by atoms with Crippen molar-refractivity contribution in [2.75, 3.05) is 13.1 Å². The van der Waals surface area contributed by atoms with Gasteiger partial charge in [0.25, 0.3) is 0 Å². The summed E-state index contributed by atoms with van der Waals surface area (Å²) in [5.41, 5.74) is 0. The van der Waals surface area contributed by atoms with Gasteiger partial charge in [-0.25, -0.2) is 4.98 Å². The van der Waals surface area contributed by atoms with Crippen LogP contribution in [0.25, 0.3) is 0 Å². The monoisotopic (exact) mass is 309 g/mol. The van der Waals surface area contributed by atoms with Crippen molar-refractivity contribution in [2.24, 2.45) is 0 Å². The second-order valence-corrected chi connectivity index (χ2v) is 2.99. The van der Waals surface area contributed by atoms with E-state index in [1.165, 1.54) is 12.8 Å². The maximum absolute atomic E-state index is 4.04. The second kappa shape index (κ2) is 8.23. The molecule has 2 heterocycles. The fourth-order valence-electron chi connectivity index (χ4n) is 1.59. The molecule has 0 saturated carbocycles. The molecule has 2 rings (SSSR count). The molecule has 1 aliphatic heterocycles. The summed E-state index contributed by atoms with van der Waals surface area (Å²) in [7, 11) is 0. The van der Waals surface area contributed by atoms with Crippen molar-refractivity contribution in [3.8, 4) is 0 Å². The van der Waals surface area contributed by atoms with Gasteiger partial charge in [-0.3, -0.25) is 0 Å². The van der Waals surface area contributed by atoms with Gasteiger partial charge in [0.15, 0.2) is 0 Å². The average Bonchev–Trinajstić information content (AvgIpc) is 2.75. The number of aromatic nitrogens is 2. The molecule has 0 aromatic carbocycles. The SMILES string of the molecule is CC.I.c1cn(C2CCNCC2)cn1. The maximum atomic E-state index is 4.04. The van der Waals surface area contributed by atoms with E-state index in [1.807, 2.05) is 26.4 Å². The zero-order valence-corrected chi connectivity index (χ0v) is 11.3. The summed E-state index contributed by atoms with van der Waals surface area (Å²) in [6, 6.07) is 0.679. The van der Waals surface area contributed by atoms with Gasteiger partial charge >= 0.3 is 0 Å². The number of hydrogen-bond acceptors (Lipinski definition) is 2. The maximum Gasteiger partial charge on any atom is 0.0948 e. The third-order valence-electron chi connectivity index (χ3n) is 2.26. The lowest BCUT2D eigenvalue weighted by atomic mass is 10.1. The third-order valence-corrected chi connectivity index (χ3v) is 2.26. The van der Waals surface area contributed by atoms with Crippen LogP contribution < -0.4 is 5.32 Å². The largest absolute Gasteiger partial charge is 0.334 e. The van der Waals surface area contributed by atoms with E-state index in [0.29, 0.717) is 6.04 Å². The molecule has 1 fully saturated rings. The summed E-state index contributed by atoms with van der Waals surface area (Å²) in [5, 5.41) is 3.34. The predicted octanol–water partition coefficient (Wildman–Crippen LogP) is 2.45. The summed E-state index contributed by atoms with van der Waals surface area (Å²) in [6.07, 6.45) is 8.28. The normalized spacial score (nSPS) is 16.4. The molecule has 0 atom stereocenters. The van der Waals surface area contributed by atoms with Crippen molar-refractivity contribution in [3.05, 3.63) is 18.7 Å². The van der Waals surface area contributed by atoms with Gasteiger partial charge in [-0.15, -0.1) is 24.0 Å². The highest BCUT2D eigenvalue weighted by molar-refractivity contribution is 14.0. The molecule has 1 aliphatic rings. The minimum absolute atomic E-state index is 0. The lowest BCUT2D eigenvalue weighted by Gasteiger charge is -2.23. The summed E-state index contributed by atoms with van der Waals surface area (Å²) in [6.45, 7) is 6.28. The molecule has 4 heteroatoms. The van der Waals surface area contributed by atoms with E-state index in [2.05, 4.69) is 21.1 Å². The Bertz CT molecular complexity index is 205. The Morgan fingerprint density at radius 3 is 2.43 bits per heavy atom. The molecule has 0 bridgehead atoms. The van der Waals surface area contributed by atoms with Gasteiger partial charge in [0, 0.05) is 18.4 Å². The molecule has 1 aromatic rings. The minimum Gasteiger partial charge on any atom is -0.334 e. The Labute approximate surface area is 103 Å². The van der Waals surface area contributed by atoms with Crippen LogP contribution in [0.3, 0.4) is 0 Å². The van der Waals surface area contributed by atoms with Crippen LogP contribution in [0, 0.1) is 0 Å². The minimum atomic E-state index is 0. The molecule has 0 spiro atoms. The Morgan fingerprint density at radius 1 is 1.29 bits per heavy atom. The van der Waals surface area contributed by atoms with E-state index in [0.717, 1.165) is 13.1 Å². The van der Waals surface area contributed by atoms with Crippen LogP contribution in [0.2, 0.25) is 0 Å². The number of nitrogens with zero attached hydrogens (tertiary/aromatic N) is 2. The highest BCUT2D eigenvalue weighted by atomic mass is 127. The fourth-order valence-corrected chi connectivity index (χ4v) is 1.59. The molecule has 0 amide bonds. The first kappa shape index (κ1) is 13.9. The predicted molar refractivity (Wildman–Crippen MR) is 70.1 cm³/mol. The molecular weight excluding hydrogens is 289 g/mol. The molecule has 14 heavy (non-hydrogen) atoms. The van der Waals surface area contributed by atoms with Crippen LogP contribution in [0.4, 0.5) is 0 Å². The van der Waals surface area contributed by atoms with Gasteiger partial charge in [-0.1, -0.05) is 13.8 Å². The van der Waals surface area contributed by atoms with Gasteiger partial charge in [0.1, 0.15) is 0 Å². The van der Waals surface area contributed by atoms with Crippen LogP contribution in [0.5, 0.6) is 0 Å². The van der Waals surface area contributed by atoms with E-state index in [1.54, 1.807) is 0 Å². The third kappa shape index (κ3) is 3.96. The summed E-state index contributed by atoms with van der Waals surface area (Å²) in [4.78, 5) is 4.04. The Hall–Kier alpha value is -0.100. The number of rotatable bonds is 1. The highest BCUT2D eigenvalue weighted by Crippen LogP contribution is 2.16. The number of nitrogens with one attached hydrogen (secondary N) is 1. The first-order valence-electron chi connectivity index (χ1n) is 5.15. The summed E-state index contributed by atoms with van der Waals surface area (Å²) < 4.78 is 2.21. The molecule has 82 valence electrons. The van der Waals surface area contributed by atoms with Crippen LogP contribution >= 0.6 is 24.0 Å². The lowest BCUT2D eigenvalue weighted by Crippen LogP contribution is -2.28. The average molecular weight is 309 g/mol. The fraction of sp³-hybridized carbons (Fsp3) is 0.700. The van der Waals surface area contributed by atoms with Gasteiger partial charge in [-0.05, 0) is 25.9 Å². The summed E-state index contributed by atoms with van der Waals surface area (Å²) in [5.74, 6) is 0. The zero-order valence-electron chi connectivity index (χ0n) is 8.94. The Morgan fingerprint density at radius 2 is 1.93 bits per heavy atom. The summed E-state index contributed by atoms with van der Waals surface area (Å²) >= 11 is 0. The quantitative estimate of drug-likeness (QED) is 0.808. The molecule has 1 aromatic heterocycles. The second-order valence-electron chi connectivity index (χ2n) is 2.99. The van der Waals surface area contributed by atoms with Crippen LogP contribution in [0.15, 0.2) is 18.7 Å². The molecule has 1 N–H and O–H groups in total. The van der Waals surface area contributed by atoms with E-state index >= 15 is 0 Å². The highest BCUT2D eigenvalue weighted by Gasteiger charge is 2.12. The molecule has 0 aliphatic carbocycles. The molecular formula is C10H20IN3. The van der Waals surface area contributed by atoms with Crippen LogP contribution in [-0.4, -0.2) is 22.6 Å². The van der Waals surface area contributed by atoms with Crippen molar-refractivity contribution in [2.45, 2.75) is 32.7 Å². The first-order chi connectivity index (χ1) is 6.47. The number of imidazole rings is 1. The zero-order chi connectivity index (χ0) is 9.52. The van der Waals surface area contributed by atoms with Gasteiger partial charge in [0.2, 0.25) is 0 Å². The van der Waals surface area contributed by atoms with Crippen LogP contribution in [0.1, 0.15) is 32.7 Å². The van der Waals surface area contributed by atoms with Crippen molar-refractivity contribution >= 4 is 24.0 Å². The van der Waals surface area contributed by atoms with E-state index in [4.69, 9.17) is 0 Å². The standard InChI is InChI=1S/C8H13N3.C2H6.HI/c1-3-9-4-2-8(1)11-6-5-10-7-11;1-2;/h5-9H,1-4H2;1-2H3;1H. The van der Waals surface area contributed by atoms with Crippen molar-refractivity contribution in [1.29, 1.82) is 0 Å². The van der Waals surface area contributed by atoms with Crippen LogP contribution in [-0.2, 0) is 0 Å². The number of hydrogen-bond donors (Lipinski definition) is 1. The van der Waals surface area contributed by atoms with Crippen molar-refractivity contribution < 1.29 is 0 Å². The van der Waals surface area contributed by atoms with Crippen molar-refractivity contribution in [1.82, 2.24) is 14.9 Å². The van der Waals surface area contributed by atoms with Gasteiger partial charge < -0.3 is 9.88 Å². The molecule has 0 unspecified atom stereocenters. The van der Waals surface area contributed by atoms with Gasteiger partial charge in [-0.2, -0.15) is 0 Å². The molecule has 1 saturated heterocycles. The lowest BCUT2D eigenvalue weighted by molar-refractivity contribution is 0.368. The topological polar surface area (TPSA) is 29.9 Å². The Kier molecular flexibility index (Phi) is 8.17. The number of piperidine rings is 1. The number of halogens is 1. The molecule has 3 nitrogen and oxygen atoms in total. The smallest absolute Gasteiger partial charge is 0.0948 e. The van der Waals surface area contributed by atoms with Crippen molar-refractivity contribution in [3.63, 3.8) is 0 Å². The van der Waals surface area contributed by atoms with E-state index in [-0.39, 0.29) is 24.0 Å². The first-order valence-corrected chi connectivity index (χ1v) is 5.15. The van der Waals surface area contributed by atoms with E-state index < -0.39 is 0 Å². The van der Waals surface area contributed by atoms with Gasteiger partial charge in [0.05, 0.1) is 6.33 Å². The van der Waals surface area contributed by atoms with E-state index in [9.17, 15) is 0 Å².